The van der Waals surface area contributed by atoms with Crippen LogP contribution in [0.1, 0.15) is 54.8 Å². The highest BCUT2D eigenvalue weighted by Gasteiger charge is 2.34. The molecule has 2 aromatic rings. The molecule has 1 atom stereocenters. The van der Waals surface area contributed by atoms with Gasteiger partial charge in [-0.3, -0.25) is 4.79 Å². The van der Waals surface area contributed by atoms with Gasteiger partial charge in [0.15, 0.2) is 0 Å². The van der Waals surface area contributed by atoms with E-state index in [1.54, 1.807) is 0 Å². The number of hydrogen-bond donors (Lipinski definition) is 2. The monoisotopic (exact) mass is 283 g/mol. The molecule has 2 aliphatic rings. The standard InChI is InChI=1S/C18H21NO2/c20-18(21)10-14(11-5-6-11)12-7-8-17-15(9-12)13-3-1-2-4-16(13)19-17/h7-9,11,14,19H,1-6,10H2,(H,20,21). The lowest BCUT2D eigenvalue weighted by atomic mass is 9.89. The van der Waals surface area contributed by atoms with Gasteiger partial charge in [0, 0.05) is 16.6 Å². The fourth-order valence-electron chi connectivity index (χ4n) is 3.90. The van der Waals surface area contributed by atoms with Crippen LogP contribution in [0.4, 0.5) is 0 Å². The van der Waals surface area contributed by atoms with Gasteiger partial charge in [-0.05, 0) is 73.6 Å². The number of carboxylic acid groups (broad SMARTS) is 1. The smallest absolute Gasteiger partial charge is 0.303 e. The summed E-state index contributed by atoms with van der Waals surface area (Å²) in [5.74, 6) is 0.0949. The summed E-state index contributed by atoms with van der Waals surface area (Å²) in [5.41, 5.74) is 5.31. The van der Waals surface area contributed by atoms with Crippen molar-refractivity contribution >= 4 is 16.9 Å². The van der Waals surface area contributed by atoms with E-state index in [0.29, 0.717) is 5.92 Å². The molecule has 0 radical (unpaired) electrons. The number of benzene rings is 1. The highest BCUT2D eigenvalue weighted by Crippen LogP contribution is 2.45. The molecule has 0 spiro atoms. The number of aromatic nitrogens is 1. The minimum atomic E-state index is -0.678. The molecule has 4 rings (SSSR count). The molecule has 3 nitrogen and oxygen atoms in total. The lowest BCUT2D eigenvalue weighted by Crippen LogP contribution is -2.08. The maximum atomic E-state index is 11.2. The Balaban J connectivity index is 1.76. The van der Waals surface area contributed by atoms with Crippen LogP contribution in [-0.2, 0) is 17.6 Å². The van der Waals surface area contributed by atoms with Crippen molar-refractivity contribution in [3.05, 3.63) is 35.0 Å². The van der Waals surface area contributed by atoms with Gasteiger partial charge in [0.25, 0.3) is 0 Å². The third-order valence-corrected chi connectivity index (χ3v) is 5.14. The quantitative estimate of drug-likeness (QED) is 0.890. The second kappa shape index (κ2) is 4.90. The van der Waals surface area contributed by atoms with E-state index in [1.165, 1.54) is 53.4 Å². The number of aliphatic carboxylic acids is 1. The van der Waals surface area contributed by atoms with Gasteiger partial charge in [-0.2, -0.15) is 0 Å². The molecule has 1 unspecified atom stereocenters. The normalized spacial score (nSPS) is 19.4. The molecule has 110 valence electrons. The molecule has 0 saturated heterocycles. The molecule has 1 aromatic heterocycles. The van der Waals surface area contributed by atoms with Crippen LogP contribution in [0.15, 0.2) is 18.2 Å². The zero-order chi connectivity index (χ0) is 14.4. The molecule has 21 heavy (non-hydrogen) atoms. The number of aryl methyl sites for hydroxylation is 2. The van der Waals surface area contributed by atoms with Gasteiger partial charge in [-0.1, -0.05) is 6.07 Å². The molecular weight excluding hydrogens is 262 g/mol. The topological polar surface area (TPSA) is 53.1 Å². The molecule has 2 N–H and O–H groups in total. The SMILES string of the molecule is O=C(O)CC(c1ccc2[nH]c3c(c2c1)CCCC3)C1CC1. The van der Waals surface area contributed by atoms with Crippen molar-refractivity contribution in [1.82, 2.24) is 4.98 Å². The van der Waals surface area contributed by atoms with Crippen LogP contribution in [-0.4, -0.2) is 16.1 Å². The molecule has 3 heteroatoms. The van der Waals surface area contributed by atoms with E-state index < -0.39 is 5.97 Å². The van der Waals surface area contributed by atoms with E-state index in [1.807, 2.05) is 0 Å². The maximum Gasteiger partial charge on any atom is 0.303 e. The predicted octanol–water partition coefficient (Wildman–Crippen LogP) is 4.02. The number of fused-ring (bicyclic) bond motifs is 3. The van der Waals surface area contributed by atoms with Crippen molar-refractivity contribution in [2.75, 3.05) is 0 Å². The summed E-state index contributed by atoms with van der Waals surface area (Å²) >= 11 is 0. The fraction of sp³-hybridized carbons (Fsp3) is 0.500. The van der Waals surface area contributed by atoms with Crippen LogP contribution >= 0.6 is 0 Å². The van der Waals surface area contributed by atoms with E-state index in [9.17, 15) is 9.90 Å². The van der Waals surface area contributed by atoms with Crippen LogP contribution < -0.4 is 0 Å². The number of carboxylic acids is 1. The van der Waals surface area contributed by atoms with E-state index in [4.69, 9.17) is 0 Å². The molecule has 2 aliphatic carbocycles. The highest BCUT2D eigenvalue weighted by atomic mass is 16.4. The van der Waals surface area contributed by atoms with Crippen molar-refractivity contribution < 1.29 is 9.90 Å². The first-order valence-corrected chi connectivity index (χ1v) is 8.07. The second-order valence-electron chi connectivity index (χ2n) is 6.64. The first-order valence-electron chi connectivity index (χ1n) is 8.07. The van der Waals surface area contributed by atoms with Crippen LogP contribution in [0, 0.1) is 5.92 Å². The average molecular weight is 283 g/mol. The van der Waals surface area contributed by atoms with Gasteiger partial charge in [0.1, 0.15) is 0 Å². The third-order valence-electron chi connectivity index (χ3n) is 5.14. The first-order chi connectivity index (χ1) is 10.2. The Labute approximate surface area is 124 Å². The minimum Gasteiger partial charge on any atom is -0.481 e. The van der Waals surface area contributed by atoms with Gasteiger partial charge in [0.2, 0.25) is 0 Å². The Hall–Kier alpha value is -1.77. The second-order valence-corrected chi connectivity index (χ2v) is 6.64. The Bertz CT molecular complexity index is 697. The third kappa shape index (κ3) is 2.35. The number of carbonyl (C=O) groups is 1. The molecule has 1 fully saturated rings. The summed E-state index contributed by atoms with van der Waals surface area (Å²) in [6, 6.07) is 6.55. The number of aromatic amines is 1. The largest absolute Gasteiger partial charge is 0.481 e. The highest BCUT2D eigenvalue weighted by molar-refractivity contribution is 5.86. The Morgan fingerprint density at radius 2 is 2.10 bits per heavy atom. The van der Waals surface area contributed by atoms with Crippen LogP contribution in [0.5, 0.6) is 0 Å². The number of hydrogen-bond acceptors (Lipinski definition) is 1. The minimum absolute atomic E-state index is 0.195. The summed E-state index contributed by atoms with van der Waals surface area (Å²) in [6.45, 7) is 0. The predicted molar refractivity (Wildman–Crippen MR) is 82.7 cm³/mol. The van der Waals surface area contributed by atoms with Crippen LogP contribution in [0.25, 0.3) is 10.9 Å². The van der Waals surface area contributed by atoms with E-state index in [-0.39, 0.29) is 12.3 Å². The summed E-state index contributed by atoms with van der Waals surface area (Å²) in [7, 11) is 0. The Morgan fingerprint density at radius 3 is 2.86 bits per heavy atom. The molecule has 1 saturated carbocycles. The van der Waals surface area contributed by atoms with Crippen LogP contribution in [0.2, 0.25) is 0 Å². The fourth-order valence-corrected chi connectivity index (χ4v) is 3.90. The zero-order valence-corrected chi connectivity index (χ0v) is 12.2. The number of H-pyrrole nitrogens is 1. The first kappa shape index (κ1) is 12.9. The summed E-state index contributed by atoms with van der Waals surface area (Å²) in [4.78, 5) is 14.7. The lowest BCUT2D eigenvalue weighted by molar-refractivity contribution is -0.137. The molecule has 1 aromatic carbocycles. The van der Waals surface area contributed by atoms with Crippen molar-refractivity contribution in [2.45, 2.75) is 50.9 Å². The molecule has 0 bridgehead atoms. The van der Waals surface area contributed by atoms with E-state index in [2.05, 4.69) is 23.2 Å². The van der Waals surface area contributed by atoms with Crippen molar-refractivity contribution in [3.8, 4) is 0 Å². The van der Waals surface area contributed by atoms with Crippen molar-refractivity contribution in [2.24, 2.45) is 5.92 Å². The lowest BCUT2D eigenvalue weighted by Gasteiger charge is -2.15. The Morgan fingerprint density at radius 1 is 1.29 bits per heavy atom. The van der Waals surface area contributed by atoms with E-state index in [0.717, 1.165) is 12.8 Å². The number of rotatable bonds is 4. The molecule has 0 aliphatic heterocycles. The van der Waals surface area contributed by atoms with E-state index >= 15 is 0 Å². The van der Waals surface area contributed by atoms with Gasteiger partial charge < -0.3 is 10.1 Å². The maximum absolute atomic E-state index is 11.2. The summed E-state index contributed by atoms with van der Waals surface area (Å²) < 4.78 is 0. The van der Waals surface area contributed by atoms with Crippen LogP contribution in [0.3, 0.4) is 0 Å². The molecule has 1 heterocycles. The van der Waals surface area contributed by atoms with Crippen molar-refractivity contribution in [3.63, 3.8) is 0 Å². The Kier molecular flexibility index (Phi) is 3.02. The zero-order valence-electron chi connectivity index (χ0n) is 12.2. The van der Waals surface area contributed by atoms with Gasteiger partial charge in [-0.15, -0.1) is 0 Å². The molecular formula is C18H21NO2. The summed E-state index contributed by atoms with van der Waals surface area (Å²) in [5, 5.41) is 10.5. The summed E-state index contributed by atoms with van der Waals surface area (Å²) in [6.07, 6.45) is 7.49. The average Bonchev–Trinajstić information content (AvgIpc) is 3.25. The number of nitrogens with one attached hydrogen (secondary N) is 1. The molecule has 0 amide bonds. The van der Waals surface area contributed by atoms with Crippen molar-refractivity contribution in [1.29, 1.82) is 0 Å². The van der Waals surface area contributed by atoms with Gasteiger partial charge in [-0.25, -0.2) is 0 Å². The van der Waals surface area contributed by atoms with Gasteiger partial charge in [0.05, 0.1) is 6.42 Å². The van der Waals surface area contributed by atoms with Gasteiger partial charge >= 0.3 is 5.97 Å².